The standard InChI is InChI=1S/C30H25N3O5/c1-20-11-14-22(15-12-20)28(34)32-25-10-6-9-24(18-25)29(35)33-31-19-21-13-16-26(27(17-21)37-2)38-30(36)23-7-4-3-5-8-23/h3-19H,1-2H3,(H,32,34)(H,33,35). The second-order valence-corrected chi connectivity index (χ2v) is 8.27. The topological polar surface area (TPSA) is 106 Å². The highest BCUT2D eigenvalue weighted by Gasteiger charge is 2.13. The van der Waals surface area contributed by atoms with Crippen LogP contribution in [0.5, 0.6) is 11.5 Å². The fourth-order valence-electron chi connectivity index (χ4n) is 3.46. The number of hydrogen-bond acceptors (Lipinski definition) is 6. The van der Waals surface area contributed by atoms with Gasteiger partial charge < -0.3 is 14.8 Å². The van der Waals surface area contributed by atoms with Gasteiger partial charge >= 0.3 is 5.97 Å². The maximum Gasteiger partial charge on any atom is 0.343 e. The Hall–Kier alpha value is -5.24. The Kier molecular flexibility index (Phi) is 8.25. The second-order valence-electron chi connectivity index (χ2n) is 8.27. The summed E-state index contributed by atoms with van der Waals surface area (Å²) in [6.07, 6.45) is 1.44. The number of hydrogen-bond donors (Lipinski definition) is 2. The summed E-state index contributed by atoms with van der Waals surface area (Å²) in [6.45, 7) is 1.95. The minimum Gasteiger partial charge on any atom is -0.493 e. The van der Waals surface area contributed by atoms with Crippen molar-refractivity contribution in [2.45, 2.75) is 6.92 Å². The summed E-state index contributed by atoms with van der Waals surface area (Å²) >= 11 is 0. The summed E-state index contributed by atoms with van der Waals surface area (Å²) < 4.78 is 10.8. The summed E-state index contributed by atoms with van der Waals surface area (Å²) in [7, 11) is 1.46. The van der Waals surface area contributed by atoms with E-state index in [0.717, 1.165) is 5.56 Å². The number of carbonyl (C=O) groups is 3. The lowest BCUT2D eigenvalue weighted by Crippen LogP contribution is -2.18. The summed E-state index contributed by atoms with van der Waals surface area (Å²) in [6, 6.07) is 27.3. The smallest absolute Gasteiger partial charge is 0.343 e. The van der Waals surface area contributed by atoms with Crippen LogP contribution in [0.4, 0.5) is 5.69 Å². The first-order chi connectivity index (χ1) is 18.4. The molecule has 190 valence electrons. The Morgan fingerprint density at radius 1 is 0.737 bits per heavy atom. The molecule has 0 aliphatic rings. The third-order valence-electron chi connectivity index (χ3n) is 5.48. The van der Waals surface area contributed by atoms with Gasteiger partial charge in [-0.25, -0.2) is 10.2 Å². The number of rotatable bonds is 8. The molecule has 2 N–H and O–H groups in total. The van der Waals surface area contributed by atoms with Gasteiger partial charge in [-0.05, 0) is 73.2 Å². The molecule has 0 spiro atoms. The lowest BCUT2D eigenvalue weighted by atomic mass is 10.1. The monoisotopic (exact) mass is 507 g/mol. The molecule has 4 aromatic carbocycles. The Morgan fingerprint density at radius 2 is 1.47 bits per heavy atom. The molecular formula is C30H25N3O5. The van der Waals surface area contributed by atoms with Crippen LogP contribution in [0.15, 0.2) is 102 Å². The van der Waals surface area contributed by atoms with Crippen molar-refractivity contribution in [3.63, 3.8) is 0 Å². The predicted molar refractivity (Wildman–Crippen MR) is 145 cm³/mol. The van der Waals surface area contributed by atoms with E-state index in [0.29, 0.717) is 33.7 Å². The number of amides is 2. The fourth-order valence-corrected chi connectivity index (χ4v) is 3.46. The summed E-state index contributed by atoms with van der Waals surface area (Å²) in [5, 5.41) is 6.79. The first-order valence-corrected chi connectivity index (χ1v) is 11.7. The molecule has 38 heavy (non-hydrogen) atoms. The Morgan fingerprint density at radius 3 is 2.21 bits per heavy atom. The number of aryl methyl sites for hydroxylation is 1. The number of nitrogens with zero attached hydrogens (tertiary/aromatic N) is 1. The van der Waals surface area contributed by atoms with Crippen molar-refractivity contribution >= 4 is 29.7 Å². The largest absolute Gasteiger partial charge is 0.493 e. The van der Waals surface area contributed by atoms with Crippen LogP contribution >= 0.6 is 0 Å². The summed E-state index contributed by atoms with van der Waals surface area (Å²) in [4.78, 5) is 37.4. The summed E-state index contributed by atoms with van der Waals surface area (Å²) in [5.74, 6) is -0.635. The van der Waals surface area contributed by atoms with Crippen molar-refractivity contribution in [2.24, 2.45) is 5.10 Å². The van der Waals surface area contributed by atoms with E-state index in [4.69, 9.17) is 9.47 Å². The SMILES string of the molecule is COc1cc(C=NNC(=O)c2cccc(NC(=O)c3ccc(C)cc3)c2)ccc1OC(=O)c1ccccc1. The first kappa shape index (κ1) is 25.8. The number of esters is 1. The molecular weight excluding hydrogens is 482 g/mol. The zero-order chi connectivity index (χ0) is 26.9. The number of ether oxygens (including phenoxy) is 2. The number of methoxy groups -OCH3 is 1. The van der Waals surface area contributed by atoms with Gasteiger partial charge in [-0.15, -0.1) is 0 Å². The molecule has 0 bridgehead atoms. The minimum absolute atomic E-state index is 0.257. The van der Waals surface area contributed by atoms with E-state index in [1.165, 1.54) is 13.3 Å². The third-order valence-corrected chi connectivity index (χ3v) is 5.48. The lowest BCUT2D eigenvalue weighted by Gasteiger charge is -2.10. The van der Waals surface area contributed by atoms with Gasteiger partial charge in [0.15, 0.2) is 11.5 Å². The van der Waals surface area contributed by atoms with Gasteiger partial charge in [-0.3, -0.25) is 9.59 Å². The summed E-state index contributed by atoms with van der Waals surface area (Å²) in [5.41, 5.74) is 5.88. The van der Waals surface area contributed by atoms with Gasteiger partial charge in [0.1, 0.15) is 0 Å². The molecule has 8 heteroatoms. The Labute approximate surface area is 219 Å². The van der Waals surface area contributed by atoms with Crippen molar-refractivity contribution in [1.82, 2.24) is 5.43 Å². The van der Waals surface area contributed by atoms with Gasteiger partial charge in [0.2, 0.25) is 0 Å². The number of hydrazone groups is 1. The third kappa shape index (κ3) is 6.70. The zero-order valence-corrected chi connectivity index (χ0v) is 20.8. The van der Waals surface area contributed by atoms with Crippen molar-refractivity contribution in [3.8, 4) is 11.5 Å². The number of anilines is 1. The van der Waals surface area contributed by atoms with Crippen LogP contribution in [-0.4, -0.2) is 31.1 Å². The van der Waals surface area contributed by atoms with Crippen molar-refractivity contribution < 1.29 is 23.9 Å². The molecule has 0 saturated heterocycles. The van der Waals surface area contributed by atoms with Gasteiger partial charge in [0, 0.05) is 16.8 Å². The molecule has 0 heterocycles. The van der Waals surface area contributed by atoms with Gasteiger partial charge in [0.25, 0.3) is 11.8 Å². The van der Waals surface area contributed by atoms with Gasteiger partial charge in [0.05, 0.1) is 18.9 Å². The van der Waals surface area contributed by atoms with Crippen LogP contribution in [0.3, 0.4) is 0 Å². The molecule has 4 aromatic rings. The average Bonchev–Trinajstić information content (AvgIpc) is 2.94. The number of nitrogens with one attached hydrogen (secondary N) is 2. The van der Waals surface area contributed by atoms with Crippen LogP contribution in [0, 0.1) is 6.92 Å². The molecule has 4 rings (SSSR count). The van der Waals surface area contributed by atoms with Crippen LogP contribution in [-0.2, 0) is 0 Å². The molecule has 0 atom stereocenters. The quantitative estimate of drug-likeness (QED) is 0.147. The highest BCUT2D eigenvalue weighted by Crippen LogP contribution is 2.28. The Balaban J connectivity index is 1.37. The van der Waals surface area contributed by atoms with E-state index in [9.17, 15) is 14.4 Å². The lowest BCUT2D eigenvalue weighted by molar-refractivity contribution is 0.0729. The normalized spacial score (nSPS) is 10.6. The van der Waals surface area contributed by atoms with E-state index >= 15 is 0 Å². The van der Waals surface area contributed by atoms with E-state index in [1.54, 1.807) is 78.9 Å². The maximum atomic E-state index is 12.6. The molecule has 0 fully saturated rings. The first-order valence-electron chi connectivity index (χ1n) is 11.7. The predicted octanol–water partition coefficient (Wildman–Crippen LogP) is 5.24. The fraction of sp³-hybridized carbons (Fsp3) is 0.0667. The molecule has 0 unspecified atom stereocenters. The molecule has 8 nitrogen and oxygen atoms in total. The molecule has 2 amide bonds. The van der Waals surface area contributed by atoms with Crippen molar-refractivity contribution in [1.29, 1.82) is 0 Å². The van der Waals surface area contributed by atoms with Crippen LogP contribution in [0.2, 0.25) is 0 Å². The van der Waals surface area contributed by atoms with E-state index in [-0.39, 0.29) is 11.7 Å². The zero-order valence-electron chi connectivity index (χ0n) is 20.8. The van der Waals surface area contributed by atoms with Crippen LogP contribution in [0.25, 0.3) is 0 Å². The number of carbonyl (C=O) groups excluding carboxylic acids is 3. The molecule has 0 radical (unpaired) electrons. The number of benzene rings is 4. The molecule has 0 saturated carbocycles. The average molecular weight is 508 g/mol. The Bertz CT molecular complexity index is 1480. The highest BCUT2D eigenvalue weighted by atomic mass is 16.6. The van der Waals surface area contributed by atoms with E-state index in [1.807, 2.05) is 25.1 Å². The van der Waals surface area contributed by atoms with Crippen molar-refractivity contribution in [3.05, 3.63) is 125 Å². The molecule has 0 aliphatic carbocycles. The van der Waals surface area contributed by atoms with Crippen LogP contribution in [0.1, 0.15) is 42.2 Å². The second kappa shape index (κ2) is 12.1. The maximum absolute atomic E-state index is 12.6. The van der Waals surface area contributed by atoms with Gasteiger partial charge in [-0.2, -0.15) is 5.10 Å². The molecule has 0 aliphatic heterocycles. The van der Waals surface area contributed by atoms with Crippen LogP contribution < -0.4 is 20.2 Å². The van der Waals surface area contributed by atoms with Gasteiger partial charge in [-0.1, -0.05) is 42.0 Å². The van der Waals surface area contributed by atoms with Crippen molar-refractivity contribution in [2.75, 3.05) is 12.4 Å². The highest BCUT2D eigenvalue weighted by molar-refractivity contribution is 6.05. The van der Waals surface area contributed by atoms with E-state index in [2.05, 4.69) is 15.8 Å². The van der Waals surface area contributed by atoms with E-state index < -0.39 is 11.9 Å². The minimum atomic E-state index is -0.505. The molecule has 0 aromatic heterocycles.